The molecule has 0 unspecified atom stereocenters. The molecule has 10 rings (SSSR count). The van der Waals surface area contributed by atoms with E-state index >= 15 is 0 Å². The van der Waals surface area contributed by atoms with Crippen LogP contribution in [0.25, 0.3) is 98.8 Å². The lowest BCUT2D eigenvalue weighted by molar-refractivity contribution is 1.24. The minimum Gasteiger partial charge on any atom is -0.248 e. The highest BCUT2D eigenvalue weighted by Gasteiger charge is 2.18. The first-order valence-electron chi connectivity index (χ1n) is 18.4. The van der Waals surface area contributed by atoms with Gasteiger partial charge in [-0.2, -0.15) is 0 Å². The molecule has 3 nitrogen and oxygen atoms in total. The summed E-state index contributed by atoms with van der Waals surface area (Å²) < 4.78 is 2.31. The second-order valence-electron chi connectivity index (χ2n) is 13.6. The molecule has 7 aromatic carbocycles. The lowest BCUT2D eigenvalue weighted by Crippen LogP contribution is -1.95. The highest BCUT2D eigenvalue weighted by Crippen LogP contribution is 2.41. The summed E-state index contributed by atoms with van der Waals surface area (Å²) in [6.07, 6.45) is 0. The Balaban J connectivity index is 1.11. The van der Waals surface area contributed by atoms with Crippen LogP contribution in [0.15, 0.2) is 200 Å². The van der Waals surface area contributed by atoms with Crippen LogP contribution in [-0.2, 0) is 0 Å². The van der Waals surface area contributed by atoms with Crippen molar-refractivity contribution in [2.24, 2.45) is 0 Å². The van der Waals surface area contributed by atoms with Gasteiger partial charge in [0.1, 0.15) is 0 Å². The van der Waals surface area contributed by atoms with E-state index in [4.69, 9.17) is 15.0 Å². The van der Waals surface area contributed by atoms with Gasteiger partial charge in [0.2, 0.25) is 0 Å². The van der Waals surface area contributed by atoms with E-state index in [1.54, 1.807) is 11.3 Å². The third kappa shape index (κ3) is 6.39. The summed E-state index contributed by atoms with van der Waals surface area (Å²) in [5, 5.41) is 1.15. The maximum atomic E-state index is 5.32. The van der Waals surface area contributed by atoms with Gasteiger partial charge in [-0.15, -0.1) is 11.3 Å². The monoisotopic (exact) mass is 719 g/mol. The van der Waals surface area contributed by atoms with Crippen molar-refractivity contribution < 1.29 is 0 Å². The van der Waals surface area contributed by atoms with E-state index in [1.807, 2.05) is 12.1 Å². The number of benzene rings is 7. The SMILES string of the molecule is c1ccc(-c2cc(-c3ccc(-c4cc(-c5ccccc5)cc(-c5ccccc5)n4)cc3)cc(-c3nc(-c4ccccc4)c4sc5ccccc5c4n3)c2)cc1. The van der Waals surface area contributed by atoms with Gasteiger partial charge in [-0.05, 0) is 69.8 Å². The third-order valence-corrected chi connectivity index (χ3v) is 11.2. The standard InChI is InChI=1S/C51H33N3S/c1-5-15-34(16-6-1)40-29-41(31-43(30-40)51-53-48(39-21-11-4-12-22-39)50-49(54-51)44-23-13-14-24-47(44)55-50)36-25-27-38(28-26-36)46-33-42(35-17-7-2-8-18-35)32-45(52-46)37-19-9-3-10-20-37/h1-33H. The van der Waals surface area contributed by atoms with Gasteiger partial charge in [0, 0.05) is 32.3 Å². The van der Waals surface area contributed by atoms with Gasteiger partial charge in [-0.3, -0.25) is 0 Å². The zero-order chi connectivity index (χ0) is 36.6. The van der Waals surface area contributed by atoms with Crippen molar-refractivity contribution in [3.63, 3.8) is 0 Å². The topological polar surface area (TPSA) is 38.7 Å². The van der Waals surface area contributed by atoms with Crippen molar-refractivity contribution in [2.45, 2.75) is 0 Å². The summed E-state index contributed by atoms with van der Waals surface area (Å²) in [5.74, 6) is 0.709. The predicted molar refractivity (Wildman–Crippen MR) is 231 cm³/mol. The molecule has 3 aromatic heterocycles. The summed E-state index contributed by atoms with van der Waals surface area (Å²) >= 11 is 1.76. The predicted octanol–water partition coefficient (Wildman–Crippen LogP) is 13.9. The van der Waals surface area contributed by atoms with Crippen LogP contribution in [0.1, 0.15) is 0 Å². The molecule has 0 aliphatic rings. The molecule has 0 saturated heterocycles. The van der Waals surface area contributed by atoms with Crippen LogP contribution in [0.2, 0.25) is 0 Å². The van der Waals surface area contributed by atoms with Gasteiger partial charge < -0.3 is 0 Å². The molecule has 0 spiro atoms. The van der Waals surface area contributed by atoms with E-state index < -0.39 is 0 Å². The molecule has 258 valence electrons. The summed E-state index contributed by atoms with van der Waals surface area (Å²) in [6.45, 7) is 0. The Morgan fingerprint density at radius 1 is 0.309 bits per heavy atom. The van der Waals surface area contributed by atoms with E-state index in [1.165, 1.54) is 4.70 Å². The van der Waals surface area contributed by atoms with Crippen LogP contribution >= 0.6 is 11.3 Å². The Morgan fingerprint density at radius 3 is 1.35 bits per heavy atom. The van der Waals surface area contributed by atoms with Crippen LogP contribution in [0, 0.1) is 0 Å². The molecular weight excluding hydrogens is 687 g/mol. The van der Waals surface area contributed by atoms with Gasteiger partial charge >= 0.3 is 0 Å². The minimum atomic E-state index is 0.709. The largest absolute Gasteiger partial charge is 0.248 e. The molecule has 4 heteroatoms. The fourth-order valence-corrected chi connectivity index (χ4v) is 8.45. The summed E-state index contributed by atoms with van der Waals surface area (Å²) in [4.78, 5) is 15.8. The number of nitrogens with zero attached hydrogens (tertiary/aromatic N) is 3. The van der Waals surface area contributed by atoms with Crippen molar-refractivity contribution in [3.8, 4) is 78.5 Å². The van der Waals surface area contributed by atoms with E-state index in [-0.39, 0.29) is 0 Å². The number of aromatic nitrogens is 3. The fraction of sp³-hybridized carbons (Fsp3) is 0. The van der Waals surface area contributed by atoms with Crippen molar-refractivity contribution >= 4 is 31.6 Å². The first-order chi connectivity index (χ1) is 27.2. The van der Waals surface area contributed by atoms with Crippen LogP contribution in [0.3, 0.4) is 0 Å². The molecule has 0 aliphatic carbocycles. The summed E-state index contributed by atoms with van der Waals surface area (Å²) in [7, 11) is 0. The summed E-state index contributed by atoms with van der Waals surface area (Å²) in [6, 6.07) is 70.3. The highest BCUT2D eigenvalue weighted by atomic mass is 32.1. The Hall–Kier alpha value is -7.01. The number of pyridine rings is 1. The fourth-order valence-electron chi connectivity index (χ4n) is 7.30. The molecule has 0 aliphatic heterocycles. The molecule has 0 N–H and O–H groups in total. The molecule has 0 atom stereocenters. The number of hydrogen-bond acceptors (Lipinski definition) is 4. The van der Waals surface area contributed by atoms with E-state index in [9.17, 15) is 0 Å². The summed E-state index contributed by atoms with van der Waals surface area (Å²) in [5.41, 5.74) is 14.8. The van der Waals surface area contributed by atoms with Crippen molar-refractivity contribution in [1.29, 1.82) is 0 Å². The van der Waals surface area contributed by atoms with Gasteiger partial charge in [-0.25, -0.2) is 15.0 Å². The molecule has 0 radical (unpaired) electrons. The van der Waals surface area contributed by atoms with Crippen molar-refractivity contribution in [1.82, 2.24) is 15.0 Å². The number of thiophene rings is 1. The van der Waals surface area contributed by atoms with Crippen molar-refractivity contribution in [3.05, 3.63) is 200 Å². The normalized spacial score (nSPS) is 11.3. The second kappa shape index (κ2) is 14.1. The average Bonchev–Trinajstić information content (AvgIpc) is 3.66. The number of fused-ring (bicyclic) bond motifs is 3. The lowest BCUT2D eigenvalue weighted by atomic mass is 9.94. The third-order valence-electron chi connectivity index (χ3n) is 10.1. The molecule has 55 heavy (non-hydrogen) atoms. The maximum absolute atomic E-state index is 5.32. The quantitative estimate of drug-likeness (QED) is 0.165. The van der Waals surface area contributed by atoms with Crippen molar-refractivity contribution in [2.75, 3.05) is 0 Å². The van der Waals surface area contributed by atoms with Crippen LogP contribution in [0.5, 0.6) is 0 Å². The smallest absolute Gasteiger partial charge is 0.160 e. The van der Waals surface area contributed by atoms with E-state index in [0.717, 1.165) is 88.3 Å². The first kappa shape index (κ1) is 32.6. The molecular formula is C51H33N3S. The first-order valence-corrected chi connectivity index (χ1v) is 19.2. The Labute approximate surface area is 323 Å². The van der Waals surface area contributed by atoms with Gasteiger partial charge in [0.05, 0.1) is 27.3 Å². The molecule has 0 amide bonds. The molecule has 0 saturated carbocycles. The zero-order valence-electron chi connectivity index (χ0n) is 29.8. The molecule has 3 heterocycles. The zero-order valence-corrected chi connectivity index (χ0v) is 30.6. The molecule has 10 aromatic rings. The number of hydrogen-bond donors (Lipinski definition) is 0. The Bertz CT molecular complexity index is 2880. The van der Waals surface area contributed by atoms with E-state index in [2.05, 4.69) is 188 Å². The van der Waals surface area contributed by atoms with Crippen LogP contribution in [-0.4, -0.2) is 15.0 Å². The Morgan fingerprint density at radius 2 is 0.745 bits per heavy atom. The van der Waals surface area contributed by atoms with Gasteiger partial charge in [0.15, 0.2) is 5.82 Å². The van der Waals surface area contributed by atoms with E-state index in [0.29, 0.717) is 5.82 Å². The number of rotatable bonds is 7. The lowest BCUT2D eigenvalue weighted by Gasteiger charge is -2.13. The molecule has 0 bridgehead atoms. The van der Waals surface area contributed by atoms with Crippen LogP contribution in [0.4, 0.5) is 0 Å². The maximum Gasteiger partial charge on any atom is 0.160 e. The van der Waals surface area contributed by atoms with Crippen LogP contribution < -0.4 is 0 Å². The van der Waals surface area contributed by atoms with Gasteiger partial charge in [0.25, 0.3) is 0 Å². The molecule has 0 fully saturated rings. The minimum absolute atomic E-state index is 0.709. The Kier molecular flexibility index (Phi) is 8.36. The van der Waals surface area contributed by atoms with Gasteiger partial charge in [-0.1, -0.05) is 164 Å². The highest BCUT2D eigenvalue weighted by molar-refractivity contribution is 7.26. The average molecular weight is 720 g/mol. The second-order valence-corrected chi connectivity index (χ2v) is 14.7.